The van der Waals surface area contributed by atoms with Crippen molar-refractivity contribution in [1.82, 2.24) is 0 Å². The lowest BCUT2D eigenvalue weighted by molar-refractivity contribution is 0.163. The molecular weight excluding hydrogens is 268 g/mol. The average Bonchev–Trinajstić information content (AvgIpc) is 2.40. The van der Waals surface area contributed by atoms with Gasteiger partial charge < -0.3 is 15.9 Å². The molecule has 0 aromatic heterocycles. The van der Waals surface area contributed by atoms with Crippen molar-refractivity contribution in [3.63, 3.8) is 0 Å². The van der Waals surface area contributed by atoms with Gasteiger partial charge in [-0.1, -0.05) is 52.0 Å². The molecule has 0 fully saturated rings. The minimum Gasteiger partial charge on any atom is -0.724 e. The Labute approximate surface area is 127 Å². The number of nitrogens with two attached hydrogens (primary N) is 1. The van der Waals surface area contributed by atoms with Crippen LogP contribution < -0.4 is 5.73 Å². The number of amides is 1. The summed E-state index contributed by atoms with van der Waals surface area (Å²) in [4.78, 5) is 17.8. The molecular formula is C16H25N2O3-. The van der Waals surface area contributed by atoms with Crippen molar-refractivity contribution in [2.24, 2.45) is 5.73 Å². The standard InChI is InChI=1S/C12H18.C3H7NO2.CNO/c1-9(2)11-6-5-7-12(8-11)10(3)4;1-2-6-3(4)5;2-1-3/h5-10H,1-4H3;2H2,1H3,(H2,4,5);/q;;-1. The van der Waals surface area contributed by atoms with Gasteiger partial charge in [-0.3, -0.25) is 4.79 Å². The lowest BCUT2D eigenvalue weighted by atomic mass is 9.96. The van der Waals surface area contributed by atoms with Crippen LogP contribution in [0.3, 0.4) is 0 Å². The Morgan fingerprint density at radius 2 is 1.62 bits per heavy atom. The number of benzene rings is 1. The third-order valence-corrected chi connectivity index (χ3v) is 2.53. The van der Waals surface area contributed by atoms with Crippen LogP contribution in [0.15, 0.2) is 24.3 Å². The molecule has 0 saturated carbocycles. The SMILES string of the molecule is CC(C)c1cccc(C(C)C)c1.CCOC(N)=O.[N-]=C=O. The Kier molecular flexibility index (Phi) is 13.0. The van der Waals surface area contributed by atoms with E-state index in [4.69, 9.17) is 10.2 Å². The Balaban J connectivity index is 0. The molecule has 1 amide bonds. The van der Waals surface area contributed by atoms with Gasteiger partial charge >= 0.3 is 6.09 Å². The number of rotatable bonds is 3. The summed E-state index contributed by atoms with van der Waals surface area (Å²) in [5.41, 5.74) is 7.43. The number of carbonyl (C=O) groups is 1. The maximum Gasteiger partial charge on any atom is 0.404 e. The topological polar surface area (TPSA) is 91.7 Å². The summed E-state index contributed by atoms with van der Waals surface area (Å²) < 4.78 is 4.18. The first kappa shape index (κ1) is 21.2. The minimum atomic E-state index is -0.711. The molecule has 0 unspecified atom stereocenters. The molecule has 0 aliphatic heterocycles. The molecule has 5 heteroatoms. The Hall–Kier alpha value is -2.13. The summed E-state index contributed by atoms with van der Waals surface area (Å²) in [6, 6.07) is 8.88. The van der Waals surface area contributed by atoms with Gasteiger partial charge in [0.15, 0.2) is 0 Å². The molecule has 1 aromatic rings. The van der Waals surface area contributed by atoms with Gasteiger partial charge in [0.2, 0.25) is 0 Å². The van der Waals surface area contributed by atoms with E-state index in [9.17, 15) is 4.79 Å². The summed E-state index contributed by atoms with van der Waals surface area (Å²) in [6.07, 6.45) is -0.211. The van der Waals surface area contributed by atoms with E-state index in [1.807, 2.05) is 0 Å². The lowest BCUT2D eigenvalue weighted by Crippen LogP contribution is -2.11. The number of ether oxygens (including phenoxy) is 1. The van der Waals surface area contributed by atoms with Crippen molar-refractivity contribution < 1.29 is 14.3 Å². The number of hydrogen-bond donors (Lipinski definition) is 1. The molecule has 0 aliphatic carbocycles. The number of carbonyl (C=O) groups excluding carboxylic acids is 2. The van der Waals surface area contributed by atoms with E-state index in [-0.39, 0.29) is 0 Å². The van der Waals surface area contributed by atoms with Crippen LogP contribution in [0.5, 0.6) is 0 Å². The summed E-state index contributed by atoms with van der Waals surface area (Å²) in [7, 11) is 0. The highest BCUT2D eigenvalue weighted by Crippen LogP contribution is 2.20. The molecule has 118 valence electrons. The second kappa shape index (κ2) is 12.9. The summed E-state index contributed by atoms with van der Waals surface area (Å²) >= 11 is 0. The van der Waals surface area contributed by atoms with Gasteiger partial charge in [-0.05, 0) is 36.0 Å². The lowest BCUT2D eigenvalue weighted by Gasteiger charge is -2.09. The van der Waals surface area contributed by atoms with E-state index in [0.29, 0.717) is 24.5 Å². The second-order valence-corrected chi connectivity index (χ2v) is 4.82. The monoisotopic (exact) mass is 293 g/mol. The molecule has 5 nitrogen and oxygen atoms in total. The van der Waals surface area contributed by atoms with Crippen molar-refractivity contribution >= 4 is 12.2 Å². The van der Waals surface area contributed by atoms with Gasteiger partial charge in [-0.2, -0.15) is 0 Å². The van der Waals surface area contributed by atoms with Crippen LogP contribution in [0, 0.1) is 0 Å². The van der Waals surface area contributed by atoms with E-state index in [2.05, 4.69) is 62.4 Å². The molecule has 0 saturated heterocycles. The molecule has 0 heterocycles. The third-order valence-electron chi connectivity index (χ3n) is 2.53. The first-order chi connectivity index (χ1) is 9.79. The second-order valence-electron chi connectivity index (χ2n) is 4.82. The Bertz CT molecular complexity index is 414. The molecule has 0 radical (unpaired) electrons. The molecule has 0 atom stereocenters. The van der Waals surface area contributed by atoms with Crippen LogP contribution in [-0.2, 0) is 9.53 Å². The highest BCUT2D eigenvalue weighted by atomic mass is 16.5. The summed E-state index contributed by atoms with van der Waals surface area (Å²) in [5.74, 6) is 1.28. The molecule has 21 heavy (non-hydrogen) atoms. The zero-order chi connectivity index (χ0) is 16.8. The molecule has 0 spiro atoms. The zero-order valence-corrected chi connectivity index (χ0v) is 13.4. The van der Waals surface area contributed by atoms with Gasteiger partial charge in [-0.15, -0.1) is 0 Å². The largest absolute Gasteiger partial charge is 0.724 e. The fourth-order valence-corrected chi connectivity index (χ4v) is 1.42. The quantitative estimate of drug-likeness (QED) is 0.676. The maximum absolute atomic E-state index is 9.60. The molecule has 0 aliphatic rings. The van der Waals surface area contributed by atoms with Crippen LogP contribution in [0.2, 0.25) is 0 Å². The van der Waals surface area contributed by atoms with Crippen molar-refractivity contribution in [3.8, 4) is 0 Å². The van der Waals surface area contributed by atoms with Gasteiger partial charge in [-0.25, -0.2) is 4.79 Å². The van der Waals surface area contributed by atoms with E-state index in [1.165, 1.54) is 11.1 Å². The normalized spacial score (nSPS) is 8.90. The van der Waals surface area contributed by atoms with Crippen LogP contribution in [0.25, 0.3) is 5.41 Å². The first-order valence-corrected chi connectivity index (χ1v) is 6.83. The molecule has 1 rings (SSSR count). The summed E-state index contributed by atoms with van der Waals surface area (Å²) in [6.45, 7) is 11.0. The van der Waals surface area contributed by atoms with Crippen molar-refractivity contribution in [3.05, 3.63) is 40.8 Å². The van der Waals surface area contributed by atoms with Crippen LogP contribution in [0.4, 0.5) is 4.79 Å². The van der Waals surface area contributed by atoms with Crippen molar-refractivity contribution in [2.45, 2.75) is 46.5 Å². The Morgan fingerprint density at radius 3 is 1.81 bits per heavy atom. The third kappa shape index (κ3) is 12.6. The van der Waals surface area contributed by atoms with E-state index in [0.717, 1.165) is 0 Å². The fourth-order valence-electron chi connectivity index (χ4n) is 1.42. The predicted octanol–water partition coefficient (Wildman–Crippen LogP) is 3.93. The number of primary amides is 1. The van der Waals surface area contributed by atoms with Crippen molar-refractivity contribution in [2.75, 3.05) is 6.61 Å². The zero-order valence-electron chi connectivity index (χ0n) is 13.4. The van der Waals surface area contributed by atoms with Gasteiger partial charge in [0.05, 0.1) is 6.61 Å². The number of hydrogen-bond acceptors (Lipinski definition) is 3. The number of isocyanates is 1. The maximum atomic E-state index is 9.60. The highest BCUT2D eigenvalue weighted by Gasteiger charge is 2.02. The van der Waals surface area contributed by atoms with E-state index < -0.39 is 6.09 Å². The van der Waals surface area contributed by atoms with Crippen molar-refractivity contribution in [1.29, 1.82) is 0 Å². The van der Waals surface area contributed by atoms with E-state index >= 15 is 0 Å². The highest BCUT2D eigenvalue weighted by molar-refractivity contribution is 5.64. The van der Waals surface area contributed by atoms with Gasteiger partial charge in [0, 0.05) is 0 Å². The minimum absolute atomic E-state index is 0.356. The van der Waals surface area contributed by atoms with Gasteiger partial charge in [0.25, 0.3) is 0 Å². The predicted molar refractivity (Wildman–Crippen MR) is 84.9 cm³/mol. The first-order valence-electron chi connectivity index (χ1n) is 6.83. The fraction of sp³-hybridized carbons (Fsp3) is 0.500. The average molecular weight is 293 g/mol. The van der Waals surface area contributed by atoms with Crippen LogP contribution in [0.1, 0.15) is 57.6 Å². The van der Waals surface area contributed by atoms with E-state index in [1.54, 1.807) is 6.92 Å². The van der Waals surface area contributed by atoms with Crippen LogP contribution >= 0.6 is 0 Å². The van der Waals surface area contributed by atoms with Crippen LogP contribution in [-0.4, -0.2) is 18.8 Å². The molecule has 0 bridgehead atoms. The molecule has 2 N–H and O–H groups in total. The van der Waals surface area contributed by atoms with Gasteiger partial charge in [0.1, 0.15) is 0 Å². The Morgan fingerprint density at radius 1 is 1.24 bits per heavy atom. The molecule has 1 aromatic carbocycles. The summed E-state index contributed by atoms with van der Waals surface area (Å²) in [5, 5.41) is 6.76. The smallest absolute Gasteiger partial charge is 0.404 e. The number of nitrogens with zero attached hydrogens (tertiary/aromatic N) is 1.